The Labute approximate surface area is 88.1 Å². The number of nitriles is 1. The Kier molecular flexibility index (Phi) is 3.10. The fourth-order valence-corrected chi connectivity index (χ4v) is 1.52. The van der Waals surface area contributed by atoms with E-state index in [-0.39, 0.29) is 6.10 Å². The minimum absolute atomic E-state index is 0.216. The van der Waals surface area contributed by atoms with Crippen LogP contribution in [0.4, 0.5) is 0 Å². The lowest BCUT2D eigenvalue weighted by Crippen LogP contribution is -2.34. The number of rotatable bonds is 2. The predicted octanol–water partition coefficient (Wildman–Crippen LogP) is 0.479. The maximum absolute atomic E-state index is 8.55. The van der Waals surface area contributed by atoms with E-state index in [0.29, 0.717) is 11.6 Å². The highest BCUT2D eigenvalue weighted by molar-refractivity contribution is 5.18. The van der Waals surface area contributed by atoms with Gasteiger partial charge in [0.1, 0.15) is 12.2 Å². The first-order chi connectivity index (χ1) is 7.38. The van der Waals surface area contributed by atoms with Gasteiger partial charge in [0, 0.05) is 0 Å². The molecule has 0 spiro atoms. The molecule has 1 saturated heterocycles. The first-order valence-electron chi connectivity index (χ1n) is 4.98. The fourth-order valence-electron chi connectivity index (χ4n) is 1.52. The van der Waals surface area contributed by atoms with Crippen molar-refractivity contribution in [1.82, 2.24) is 15.3 Å². The molecule has 78 valence electrons. The highest BCUT2D eigenvalue weighted by atomic mass is 16.5. The molecule has 2 heterocycles. The Morgan fingerprint density at radius 1 is 1.33 bits per heavy atom. The average Bonchev–Trinajstić information content (AvgIpc) is 2.31. The monoisotopic (exact) mass is 204 g/mol. The van der Waals surface area contributed by atoms with E-state index in [1.807, 2.05) is 6.07 Å². The number of piperidine rings is 1. The van der Waals surface area contributed by atoms with Gasteiger partial charge in [-0.15, -0.1) is 0 Å². The summed E-state index contributed by atoms with van der Waals surface area (Å²) in [5.74, 6) is 0.501. The minimum atomic E-state index is 0.216. The first kappa shape index (κ1) is 9.87. The van der Waals surface area contributed by atoms with Crippen molar-refractivity contribution >= 4 is 0 Å². The molecule has 5 nitrogen and oxygen atoms in total. The normalized spacial score (nSPS) is 17.0. The van der Waals surface area contributed by atoms with Crippen molar-refractivity contribution in [3.63, 3.8) is 0 Å². The third-order valence-corrected chi connectivity index (χ3v) is 2.32. The highest BCUT2D eigenvalue weighted by Gasteiger charge is 2.14. The molecule has 0 amide bonds. The molecular formula is C10H12N4O. The van der Waals surface area contributed by atoms with Gasteiger partial charge in [-0.3, -0.25) is 0 Å². The average molecular weight is 204 g/mol. The van der Waals surface area contributed by atoms with Crippen LogP contribution in [0, 0.1) is 11.3 Å². The van der Waals surface area contributed by atoms with E-state index in [2.05, 4.69) is 15.3 Å². The smallest absolute Gasteiger partial charge is 0.232 e. The van der Waals surface area contributed by atoms with Crippen molar-refractivity contribution in [2.75, 3.05) is 13.1 Å². The van der Waals surface area contributed by atoms with Crippen LogP contribution in [-0.2, 0) is 0 Å². The third kappa shape index (κ3) is 2.64. The fraction of sp³-hybridized carbons (Fsp3) is 0.500. The van der Waals surface area contributed by atoms with Crippen LogP contribution in [-0.4, -0.2) is 29.2 Å². The summed E-state index contributed by atoms with van der Waals surface area (Å²) in [6.07, 6.45) is 5.12. The second kappa shape index (κ2) is 4.71. The number of hydrogen-bond donors (Lipinski definition) is 1. The van der Waals surface area contributed by atoms with E-state index in [9.17, 15) is 0 Å². The van der Waals surface area contributed by atoms with Gasteiger partial charge < -0.3 is 10.1 Å². The summed E-state index contributed by atoms with van der Waals surface area (Å²) < 4.78 is 5.63. The summed E-state index contributed by atoms with van der Waals surface area (Å²) in [5, 5.41) is 11.8. The van der Waals surface area contributed by atoms with E-state index >= 15 is 0 Å². The number of nitrogens with zero attached hydrogens (tertiary/aromatic N) is 3. The van der Waals surface area contributed by atoms with Crippen molar-refractivity contribution in [3.05, 3.63) is 18.1 Å². The summed E-state index contributed by atoms with van der Waals surface area (Å²) in [6, 6.07) is 1.92. The quantitative estimate of drug-likeness (QED) is 0.758. The molecule has 1 N–H and O–H groups in total. The first-order valence-corrected chi connectivity index (χ1v) is 4.98. The van der Waals surface area contributed by atoms with Crippen LogP contribution in [0.2, 0.25) is 0 Å². The lowest BCUT2D eigenvalue weighted by atomic mass is 10.1. The Bertz CT molecular complexity index is 351. The molecule has 5 heteroatoms. The molecule has 1 aliphatic heterocycles. The van der Waals surface area contributed by atoms with Gasteiger partial charge in [-0.05, 0) is 25.9 Å². The molecule has 1 aromatic rings. The zero-order valence-electron chi connectivity index (χ0n) is 8.31. The molecule has 1 aromatic heterocycles. The number of ether oxygens (including phenoxy) is 1. The molecule has 2 rings (SSSR count). The van der Waals surface area contributed by atoms with Gasteiger partial charge in [0.2, 0.25) is 5.88 Å². The van der Waals surface area contributed by atoms with Gasteiger partial charge in [0.25, 0.3) is 0 Å². The zero-order chi connectivity index (χ0) is 10.5. The van der Waals surface area contributed by atoms with E-state index < -0.39 is 0 Å². The molecule has 1 fully saturated rings. The molecule has 0 bridgehead atoms. The van der Waals surface area contributed by atoms with Crippen LogP contribution >= 0.6 is 0 Å². The van der Waals surface area contributed by atoms with E-state index in [4.69, 9.17) is 10.00 Å². The summed E-state index contributed by atoms with van der Waals surface area (Å²) in [4.78, 5) is 7.91. The molecule has 15 heavy (non-hydrogen) atoms. The second-order valence-corrected chi connectivity index (χ2v) is 3.42. The molecule has 0 aliphatic carbocycles. The zero-order valence-corrected chi connectivity index (χ0v) is 8.31. The highest BCUT2D eigenvalue weighted by Crippen LogP contribution is 2.12. The summed E-state index contributed by atoms with van der Waals surface area (Å²) in [7, 11) is 0. The maximum atomic E-state index is 8.55. The van der Waals surface area contributed by atoms with Gasteiger partial charge >= 0.3 is 0 Å². The van der Waals surface area contributed by atoms with Crippen molar-refractivity contribution in [2.45, 2.75) is 18.9 Å². The third-order valence-electron chi connectivity index (χ3n) is 2.32. The molecule has 0 aromatic carbocycles. The van der Waals surface area contributed by atoms with Gasteiger partial charge in [-0.1, -0.05) is 0 Å². The van der Waals surface area contributed by atoms with Crippen molar-refractivity contribution < 1.29 is 4.74 Å². The maximum Gasteiger partial charge on any atom is 0.232 e. The summed E-state index contributed by atoms with van der Waals surface area (Å²) in [5.41, 5.74) is 0.313. The summed E-state index contributed by atoms with van der Waals surface area (Å²) in [6.45, 7) is 1.96. The van der Waals surface area contributed by atoms with E-state index in [0.717, 1.165) is 25.9 Å². The molecule has 0 unspecified atom stereocenters. The largest absolute Gasteiger partial charge is 0.473 e. The SMILES string of the molecule is N#Cc1cnc(OC2CCNCC2)cn1. The lowest BCUT2D eigenvalue weighted by Gasteiger charge is -2.22. The molecule has 0 atom stereocenters. The molecule has 0 radical (unpaired) electrons. The van der Waals surface area contributed by atoms with Gasteiger partial charge in [0.15, 0.2) is 5.69 Å². The van der Waals surface area contributed by atoms with Crippen LogP contribution in [0.15, 0.2) is 12.4 Å². The number of hydrogen-bond acceptors (Lipinski definition) is 5. The van der Waals surface area contributed by atoms with Gasteiger partial charge in [-0.2, -0.15) is 5.26 Å². The summed E-state index contributed by atoms with van der Waals surface area (Å²) >= 11 is 0. The van der Waals surface area contributed by atoms with E-state index in [1.54, 1.807) is 0 Å². The van der Waals surface area contributed by atoms with Gasteiger partial charge in [0.05, 0.1) is 12.4 Å². The lowest BCUT2D eigenvalue weighted by molar-refractivity contribution is 0.155. The molecular weight excluding hydrogens is 192 g/mol. The Morgan fingerprint density at radius 3 is 2.73 bits per heavy atom. The van der Waals surface area contributed by atoms with Crippen LogP contribution in [0.1, 0.15) is 18.5 Å². The van der Waals surface area contributed by atoms with Crippen LogP contribution in [0.3, 0.4) is 0 Å². The topological polar surface area (TPSA) is 70.8 Å². The predicted molar refractivity (Wildman–Crippen MR) is 53.3 cm³/mol. The Hall–Kier alpha value is -1.67. The van der Waals surface area contributed by atoms with Gasteiger partial charge in [-0.25, -0.2) is 9.97 Å². The van der Waals surface area contributed by atoms with Crippen LogP contribution in [0.25, 0.3) is 0 Å². The van der Waals surface area contributed by atoms with Crippen molar-refractivity contribution in [3.8, 4) is 11.9 Å². The number of aromatic nitrogens is 2. The van der Waals surface area contributed by atoms with E-state index in [1.165, 1.54) is 12.4 Å². The Morgan fingerprint density at radius 2 is 2.13 bits per heavy atom. The minimum Gasteiger partial charge on any atom is -0.473 e. The van der Waals surface area contributed by atoms with Crippen molar-refractivity contribution in [1.29, 1.82) is 5.26 Å². The second-order valence-electron chi connectivity index (χ2n) is 3.42. The van der Waals surface area contributed by atoms with Crippen LogP contribution < -0.4 is 10.1 Å². The van der Waals surface area contributed by atoms with Crippen LogP contribution in [0.5, 0.6) is 5.88 Å². The molecule has 0 saturated carbocycles. The number of nitrogens with one attached hydrogen (secondary N) is 1. The Balaban J connectivity index is 1.95. The van der Waals surface area contributed by atoms with Crippen molar-refractivity contribution in [2.24, 2.45) is 0 Å². The standard InChI is InChI=1S/C10H12N4O/c11-5-8-6-14-10(7-13-8)15-9-1-3-12-4-2-9/h6-7,9,12H,1-4H2. The molecule has 1 aliphatic rings.